The molecule has 1 rings (SSSR count). The van der Waals surface area contributed by atoms with E-state index in [1.807, 2.05) is 13.8 Å². The van der Waals surface area contributed by atoms with E-state index in [1.165, 1.54) is 57.8 Å². The smallest absolute Gasteiger partial charge is 0.313 e. The van der Waals surface area contributed by atoms with E-state index in [9.17, 15) is 27.2 Å². The van der Waals surface area contributed by atoms with Gasteiger partial charge in [-0.25, -0.2) is 8.78 Å². The van der Waals surface area contributed by atoms with E-state index in [2.05, 4.69) is 29.1 Å². The number of nitrogens with one attached hydrogen (secondary N) is 1. The Morgan fingerprint density at radius 1 is 0.652 bits per heavy atom. The van der Waals surface area contributed by atoms with Gasteiger partial charge in [-0.2, -0.15) is 8.78 Å². The summed E-state index contributed by atoms with van der Waals surface area (Å²) in [6.07, 6.45) is 20.7. The fourth-order valence-electron chi connectivity index (χ4n) is 4.21. The van der Waals surface area contributed by atoms with Crippen LogP contribution in [0.1, 0.15) is 117 Å². The van der Waals surface area contributed by atoms with Gasteiger partial charge in [-0.1, -0.05) is 84.3 Å². The van der Waals surface area contributed by atoms with Gasteiger partial charge >= 0.3 is 5.97 Å². The maximum atomic E-state index is 13.5. The van der Waals surface area contributed by atoms with Crippen molar-refractivity contribution in [2.75, 3.05) is 46.2 Å². The van der Waals surface area contributed by atoms with Gasteiger partial charge in [0, 0.05) is 19.0 Å². The molecule has 0 bridgehead atoms. The molecule has 0 radical (unpaired) electrons. The molecule has 1 N–H and O–H groups in total. The standard InChI is InChI=1S/C33H51F4NO6.C2H6/c1-2-3-4-5-6-7-8-9-10-11-12-13-14-15-16-17-29(39)38-19-21-42-23-25-43-24-22-41-20-18-30(40)44-33-31(36)27(34)26-28(35)32(33)37;1-2/h9-10,26H,2-8,11-25H2,1H3,(H,38,39);1-2H3/b10-9-;. The van der Waals surface area contributed by atoms with Gasteiger partial charge < -0.3 is 24.3 Å². The molecule has 266 valence electrons. The molecule has 0 heterocycles. The van der Waals surface area contributed by atoms with Crippen LogP contribution in [0.2, 0.25) is 0 Å². The van der Waals surface area contributed by atoms with Crippen molar-refractivity contribution in [1.29, 1.82) is 0 Å². The summed E-state index contributed by atoms with van der Waals surface area (Å²) in [5.41, 5.74) is 0. The minimum atomic E-state index is -1.79. The number of rotatable bonds is 28. The quantitative estimate of drug-likeness (QED) is 0.0241. The molecule has 0 spiro atoms. The number of hydrogen-bond acceptors (Lipinski definition) is 6. The van der Waals surface area contributed by atoms with Crippen LogP contribution in [0.3, 0.4) is 0 Å². The first-order valence-corrected chi connectivity index (χ1v) is 17.0. The predicted molar refractivity (Wildman–Crippen MR) is 173 cm³/mol. The first-order valence-electron chi connectivity index (χ1n) is 17.0. The summed E-state index contributed by atoms with van der Waals surface area (Å²) >= 11 is 0. The number of unbranched alkanes of at least 4 members (excludes halogenated alkanes) is 11. The Labute approximate surface area is 273 Å². The highest BCUT2D eigenvalue weighted by molar-refractivity contribution is 5.75. The molecular formula is C35H57F4NO6. The zero-order chi connectivity index (χ0) is 34.3. The summed E-state index contributed by atoms with van der Waals surface area (Å²) in [5.74, 6) is -9.41. The number of hydrogen-bond donors (Lipinski definition) is 1. The lowest BCUT2D eigenvalue weighted by molar-refractivity contribution is -0.136. The zero-order valence-electron chi connectivity index (χ0n) is 28.2. The minimum absolute atomic E-state index is 0.0233. The fourth-order valence-corrected chi connectivity index (χ4v) is 4.21. The van der Waals surface area contributed by atoms with E-state index in [0.717, 1.165) is 25.7 Å². The minimum Gasteiger partial charge on any atom is -0.420 e. The molecule has 11 heteroatoms. The van der Waals surface area contributed by atoms with Gasteiger partial charge in [0.15, 0.2) is 11.6 Å². The second kappa shape index (κ2) is 31.1. The number of amides is 1. The maximum Gasteiger partial charge on any atom is 0.313 e. The van der Waals surface area contributed by atoms with Crippen molar-refractivity contribution in [2.45, 2.75) is 117 Å². The molecule has 0 saturated carbocycles. The van der Waals surface area contributed by atoms with Crippen LogP contribution in [0.25, 0.3) is 0 Å². The number of carbonyl (C=O) groups is 2. The van der Waals surface area contributed by atoms with E-state index in [4.69, 9.17) is 14.2 Å². The van der Waals surface area contributed by atoms with Crippen molar-refractivity contribution in [3.63, 3.8) is 0 Å². The lowest BCUT2D eigenvalue weighted by atomic mass is 10.1. The number of ether oxygens (including phenoxy) is 4. The molecule has 0 aromatic heterocycles. The molecule has 0 atom stereocenters. The van der Waals surface area contributed by atoms with Gasteiger partial charge in [0.05, 0.1) is 46.1 Å². The number of esters is 1. The van der Waals surface area contributed by atoms with E-state index >= 15 is 0 Å². The van der Waals surface area contributed by atoms with Crippen LogP contribution in [0.5, 0.6) is 5.75 Å². The largest absolute Gasteiger partial charge is 0.420 e. The van der Waals surface area contributed by atoms with Crippen LogP contribution < -0.4 is 10.1 Å². The van der Waals surface area contributed by atoms with Gasteiger partial charge in [-0.05, 0) is 32.1 Å². The SMILES string of the molecule is CC.CCCCCCCC/C=C\CCCCCCCC(=O)NCCOCCOCCOCCC(=O)Oc1c(F)c(F)cc(F)c1F. The Morgan fingerprint density at radius 3 is 1.70 bits per heavy atom. The summed E-state index contributed by atoms with van der Waals surface area (Å²) in [4.78, 5) is 23.6. The van der Waals surface area contributed by atoms with Crippen molar-refractivity contribution in [2.24, 2.45) is 0 Å². The maximum absolute atomic E-state index is 13.5. The molecule has 0 fully saturated rings. The first-order chi connectivity index (χ1) is 22.4. The number of carbonyl (C=O) groups excluding carboxylic acids is 2. The van der Waals surface area contributed by atoms with Crippen molar-refractivity contribution in [1.82, 2.24) is 5.32 Å². The highest BCUT2D eigenvalue weighted by Crippen LogP contribution is 2.26. The summed E-state index contributed by atoms with van der Waals surface area (Å²) in [6, 6.07) is 0.0233. The third kappa shape index (κ3) is 23.8. The molecule has 0 unspecified atom stereocenters. The summed E-state index contributed by atoms with van der Waals surface area (Å²) < 4.78 is 73.6. The highest BCUT2D eigenvalue weighted by atomic mass is 19.2. The number of halogens is 4. The molecule has 7 nitrogen and oxygen atoms in total. The molecule has 0 aliphatic rings. The third-order valence-corrected chi connectivity index (χ3v) is 6.72. The monoisotopic (exact) mass is 663 g/mol. The molecule has 1 aromatic carbocycles. The summed E-state index contributed by atoms with van der Waals surface area (Å²) in [7, 11) is 0. The van der Waals surface area contributed by atoms with Gasteiger partial charge in [0.2, 0.25) is 23.3 Å². The number of benzene rings is 1. The van der Waals surface area contributed by atoms with E-state index in [0.29, 0.717) is 32.8 Å². The van der Waals surface area contributed by atoms with Crippen molar-refractivity contribution >= 4 is 11.9 Å². The summed E-state index contributed by atoms with van der Waals surface area (Å²) in [5, 5.41) is 2.84. The average Bonchev–Trinajstić information content (AvgIpc) is 3.05. The Kier molecular flexibility index (Phi) is 29.4. The summed E-state index contributed by atoms with van der Waals surface area (Å²) in [6.45, 7) is 7.89. The predicted octanol–water partition coefficient (Wildman–Crippen LogP) is 8.77. The second-order valence-electron chi connectivity index (χ2n) is 10.5. The molecule has 0 aliphatic carbocycles. The van der Waals surface area contributed by atoms with Gasteiger partial charge in [-0.3, -0.25) is 9.59 Å². The number of allylic oxidation sites excluding steroid dienone is 2. The molecule has 1 aromatic rings. The fraction of sp³-hybridized carbons (Fsp3) is 0.714. The average molecular weight is 664 g/mol. The van der Waals surface area contributed by atoms with E-state index in [1.54, 1.807) is 0 Å². The molecule has 1 amide bonds. The van der Waals surface area contributed by atoms with Crippen LogP contribution >= 0.6 is 0 Å². The Bertz CT molecular complexity index is 922. The molecule has 0 saturated heterocycles. The second-order valence-corrected chi connectivity index (χ2v) is 10.5. The normalized spacial score (nSPS) is 11.0. The van der Waals surface area contributed by atoms with Crippen LogP contribution in [0, 0.1) is 23.3 Å². The first kappa shape index (κ1) is 43.5. The van der Waals surface area contributed by atoms with E-state index < -0.39 is 35.0 Å². The highest BCUT2D eigenvalue weighted by Gasteiger charge is 2.22. The van der Waals surface area contributed by atoms with Crippen molar-refractivity contribution < 1.29 is 46.1 Å². The third-order valence-electron chi connectivity index (χ3n) is 6.72. The molecular weight excluding hydrogens is 606 g/mol. The Hall–Kier alpha value is -2.50. The molecule has 0 aliphatic heterocycles. The van der Waals surface area contributed by atoms with Crippen LogP contribution in [-0.2, 0) is 23.8 Å². The zero-order valence-corrected chi connectivity index (χ0v) is 28.2. The lowest BCUT2D eigenvalue weighted by Gasteiger charge is -2.09. The van der Waals surface area contributed by atoms with Crippen LogP contribution in [-0.4, -0.2) is 58.1 Å². The molecule has 46 heavy (non-hydrogen) atoms. The van der Waals surface area contributed by atoms with Gasteiger partial charge in [-0.15, -0.1) is 0 Å². The Morgan fingerprint density at radius 2 is 1.13 bits per heavy atom. The van der Waals surface area contributed by atoms with Crippen LogP contribution in [0.15, 0.2) is 18.2 Å². The lowest BCUT2D eigenvalue weighted by Crippen LogP contribution is -2.27. The van der Waals surface area contributed by atoms with Gasteiger partial charge in [0.25, 0.3) is 0 Å². The Balaban J connectivity index is 0.00000991. The van der Waals surface area contributed by atoms with E-state index in [-0.39, 0.29) is 38.2 Å². The van der Waals surface area contributed by atoms with Crippen molar-refractivity contribution in [3.8, 4) is 5.75 Å². The topological polar surface area (TPSA) is 83.1 Å². The van der Waals surface area contributed by atoms with Crippen molar-refractivity contribution in [3.05, 3.63) is 41.5 Å². The van der Waals surface area contributed by atoms with Gasteiger partial charge in [0.1, 0.15) is 0 Å². The van der Waals surface area contributed by atoms with Crippen LogP contribution in [0.4, 0.5) is 17.6 Å².